The second-order valence-corrected chi connectivity index (χ2v) is 20.0. The van der Waals surface area contributed by atoms with Gasteiger partial charge < -0.3 is 9.79 Å². The number of hydrogen-bond donors (Lipinski definition) is 2. The molecule has 0 bridgehead atoms. The molecule has 0 fully saturated rings. The summed E-state index contributed by atoms with van der Waals surface area (Å²) >= 11 is 0. The van der Waals surface area contributed by atoms with Gasteiger partial charge in [0.2, 0.25) is 0 Å². The quantitative estimate of drug-likeness (QED) is 0.0480. The lowest BCUT2D eigenvalue weighted by Crippen LogP contribution is -2.33. The van der Waals surface area contributed by atoms with Crippen LogP contribution in [-0.4, -0.2) is 35.2 Å². The van der Waals surface area contributed by atoms with Gasteiger partial charge in [0.15, 0.2) is 0 Å². The van der Waals surface area contributed by atoms with Gasteiger partial charge in [0.1, 0.15) is 0 Å². The highest BCUT2D eigenvalue weighted by atomic mass is 31.2. The van der Waals surface area contributed by atoms with E-state index in [0.717, 1.165) is 60.0 Å². The van der Waals surface area contributed by atoms with E-state index >= 15 is 0 Å². The molecule has 0 amide bonds. The van der Waals surface area contributed by atoms with Gasteiger partial charge in [0.05, 0.1) is 25.4 Å². The average molecular weight is 841 g/mol. The molecule has 0 aromatic heterocycles. The highest BCUT2D eigenvalue weighted by Crippen LogP contribution is 2.54. The topological polar surface area (TPSA) is 112 Å². The minimum absolute atomic E-state index is 0.144. The van der Waals surface area contributed by atoms with Gasteiger partial charge in [-0.15, -0.1) is 0 Å². The minimum atomic E-state index is -4.54. The molecule has 2 aliphatic rings. The van der Waals surface area contributed by atoms with Gasteiger partial charge in [-0.25, -0.2) is 9.13 Å². The molecule has 10 heteroatoms. The van der Waals surface area contributed by atoms with E-state index in [-0.39, 0.29) is 22.9 Å². The largest absolute Gasteiger partial charge is 0.475 e. The molecule has 0 aromatic carbocycles. The average Bonchev–Trinajstić information content (AvgIpc) is 3.08. The highest BCUT2D eigenvalue weighted by Gasteiger charge is 2.39. The smallest absolute Gasteiger partial charge is 0.303 e. The van der Waals surface area contributed by atoms with Crippen LogP contribution in [0.2, 0.25) is 0 Å². The van der Waals surface area contributed by atoms with E-state index < -0.39 is 21.7 Å². The first-order chi connectivity index (χ1) is 27.1. The van der Waals surface area contributed by atoms with Gasteiger partial charge >= 0.3 is 15.6 Å². The van der Waals surface area contributed by atoms with Crippen LogP contribution in [0.5, 0.6) is 0 Å². The summed E-state index contributed by atoms with van der Waals surface area (Å²) in [5, 5.41) is 0. The zero-order valence-corrected chi connectivity index (χ0v) is 39.3. The maximum Gasteiger partial charge on any atom is 0.475 e. The number of hydrogen-bond acceptors (Lipinski definition) is 6. The van der Waals surface area contributed by atoms with Crippen molar-refractivity contribution in [2.75, 3.05) is 13.2 Å². The van der Waals surface area contributed by atoms with Gasteiger partial charge in [-0.3, -0.25) is 18.1 Å². The van der Waals surface area contributed by atoms with E-state index in [4.69, 9.17) is 18.1 Å². The Hall–Kier alpha value is -2.64. The van der Waals surface area contributed by atoms with Gasteiger partial charge in [0.25, 0.3) is 0 Å². The summed E-state index contributed by atoms with van der Waals surface area (Å²) in [6, 6.07) is 0. The molecule has 0 heterocycles. The molecule has 2 N–H and O–H groups in total. The SMILES string of the molecule is CCCCOP(=O)(OCCCC)OC1CC(C)=C(/C=C/C(C)=C/C=C/C(C)=C/C=C/C=C(C)/C=C/C=C(C)/C=C/C2C(C)=CC(OP(=O)(O)O)CC2(C)C)C(C)(C)C1. The molecule has 2 aliphatic carbocycles. The summed E-state index contributed by atoms with van der Waals surface area (Å²) < 4.78 is 47.4. The molecule has 0 radical (unpaired) electrons. The van der Waals surface area contributed by atoms with Crippen LogP contribution in [0.1, 0.15) is 128 Å². The Morgan fingerprint density at radius 2 is 1.24 bits per heavy atom. The molecular formula is C48H74O8P2. The van der Waals surface area contributed by atoms with Crippen molar-refractivity contribution in [3.05, 3.63) is 130 Å². The summed E-state index contributed by atoms with van der Waals surface area (Å²) in [7, 11) is -8.17. The number of rotatable bonds is 22. The molecule has 3 unspecified atom stereocenters. The Bertz CT molecular complexity index is 1770. The second kappa shape index (κ2) is 24.6. The summed E-state index contributed by atoms with van der Waals surface area (Å²) in [4.78, 5) is 18.5. The maximum absolute atomic E-state index is 13.5. The number of phosphoric acid groups is 2. The third-order valence-electron chi connectivity index (χ3n) is 10.3. The zero-order chi connectivity index (χ0) is 43.6. The molecule has 0 aromatic rings. The molecule has 58 heavy (non-hydrogen) atoms. The Labute approximate surface area is 351 Å². The highest BCUT2D eigenvalue weighted by molar-refractivity contribution is 7.48. The number of phosphoric ester groups is 2. The predicted octanol–water partition coefficient (Wildman–Crippen LogP) is 14.3. The fourth-order valence-corrected chi connectivity index (χ4v) is 9.23. The lowest BCUT2D eigenvalue weighted by Gasteiger charge is -2.40. The van der Waals surface area contributed by atoms with Crippen LogP contribution in [0.3, 0.4) is 0 Å². The number of unbranched alkanes of at least 4 members (excludes halogenated alkanes) is 2. The normalized spacial score (nSPS) is 23.1. The fraction of sp³-hybridized carbons (Fsp3) is 0.542. The molecule has 324 valence electrons. The molecule has 0 saturated carbocycles. The lowest BCUT2D eigenvalue weighted by molar-refractivity contribution is 0.0561. The number of allylic oxidation sites excluding steroid dienone is 20. The van der Waals surface area contributed by atoms with E-state index in [0.29, 0.717) is 26.1 Å². The van der Waals surface area contributed by atoms with E-state index in [2.05, 4.69) is 143 Å². The van der Waals surface area contributed by atoms with Gasteiger partial charge in [-0.05, 0) is 90.0 Å². The van der Waals surface area contributed by atoms with Crippen LogP contribution >= 0.6 is 15.6 Å². The summed E-state index contributed by atoms with van der Waals surface area (Å²) in [6.45, 7) is 25.9. The maximum atomic E-state index is 13.5. The summed E-state index contributed by atoms with van der Waals surface area (Å²) in [5.41, 5.74) is 7.70. The first kappa shape index (κ1) is 51.5. The van der Waals surface area contributed by atoms with Crippen molar-refractivity contribution in [3.8, 4) is 0 Å². The van der Waals surface area contributed by atoms with E-state index in [1.807, 2.05) is 31.2 Å². The van der Waals surface area contributed by atoms with Crippen molar-refractivity contribution in [2.45, 2.75) is 140 Å². The predicted molar refractivity (Wildman–Crippen MR) is 243 cm³/mol. The van der Waals surface area contributed by atoms with Gasteiger partial charge in [-0.2, -0.15) is 0 Å². The van der Waals surface area contributed by atoms with E-state index in [1.165, 1.54) is 11.1 Å². The Morgan fingerprint density at radius 1 is 0.741 bits per heavy atom. The van der Waals surface area contributed by atoms with Crippen molar-refractivity contribution in [2.24, 2.45) is 16.7 Å². The Morgan fingerprint density at radius 3 is 1.72 bits per heavy atom. The second-order valence-electron chi connectivity index (χ2n) is 17.2. The van der Waals surface area contributed by atoms with Crippen molar-refractivity contribution in [1.29, 1.82) is 0 Å². The monoisotopic (exact) mass is 840 g/mol. The van der Waals surface area contributed by atoms with Crippen LogP contribution in [0.15, 0.2) is 130 Å². The third-order valence-corrected chi connectivity index (χ3v) is 12.4. The summed E-state index contributed by atoms with van der Waals surface area (Å²) in [5.74, 6) is 0.144. The first-order valence-corrected chi connectivity index (χ1v) is 23.9. The first-order valence-electron chi connectivity index (χ1n) is 20.9. The molecular weight excluding hydrogens is 766 g/mol. The van der Waals surface area contributed by atoms with Crippen LogP contribution in [0.4, 0.5) is 0 Å². The van der Waals surface area contributed by atoms with Crippen molar-refractivity contribution < 1.29 is 37.0 Å². The van der Waals surface area contributed by atoms with Crippen molar-refractivity contribution in [1.82, 2.24) is 0 Å². The van der Waals surface area contributed by atoms with Gasteiger partial charge in [-0.1, -0.05) is 179 Å². The minimum Gasteiger partial charge on any atom is -0.303 e. The van der Waals surface area contributed by atoms with Crippen LogP contribution < -0.4 is 0 Å². The van der Waals surface area contributed by atoms with E-state index in [9.17, 15) is 18.9 Å². The van der Waals surface area contributed by atoms with E-state index in [1.54, 1.807) is 0 Å². The Kier molecular flexibility index (Phi) is 21.8. The standard InChI is InChI=1S/C48H74O8P2/c1-13-15-31-53-58(52,54-32-16-14-2)56-44-34-42(8)46(48(11,12)36-44)30-28-40(6)26-20-24-38(4)22-18-17-21-37(3)23-19-25-39(5)27-29-45-41(7)33-43(35-47(45,9)10)55-57(49,50)51/h17-30,33,43-45H,13-16,31-32,34-36H2,1-12H3,(H2,49,50,51)/b18-17+,23-19+,24-20+,29-27+,30-28+,37-21+,38-22+,39-25+,40-26+. The van der Waals surface area contributed by atoms with Crippen molar-refractivity contribution in [3.63, 3.8) is 0 Å². The third kappa shape index (κ3) is 19.6. The molecule has 8 nitrogen and oxygen atoms in total. The van der Waals surface area contributed by atoms with Crippen molar-refractivity contribution >= 4 is 15.6 Å². The van der Waals surface area contributed by atoms with Crippen LogP contribution in [0, 0.1) is 16.7 Å². The fourth-order valence-electron chi connectivity index (χ4n) is 7.32. The molecule has 0 aliphatic heterocycles. The lowest BCUT2D eigenvalue weighted by atomic mass is 9.67. The van der Waals surface area contributed by atoms with Crippen LogP contribution in [0.25, 0.3) is 0 Å². The molecule has 0 saturated heterocycles. The Balaban J connectivity index is 1.96. The molecule has 0 spiro atoms. The molecule has 2 rings (SSSR count). The zero-order valence-electron chi connectivity index (χ0n) is 37.5. The van der Waals surface area contributed by atoms with Gasteiger partial charge in [0, 0.05) is 5.92 Å². The summed E-state index contributed by atoms with van der Waals surface area (Å²) in [6.07, 6.45) is 35.8. The van der Waals surface area contributed by atoms with Crippen LogP contribution in [-0.2, 0) is 27.2 Å². The molecule has 3 atom stereocenters.